The molecule has 7 nitrogen and oxygen atoms in total. The van der Waals surface area contributed by atoms with Crippen LogP contribution >= 0.6 is 11.6 Å². The van der Waals surface area contributed by atoms with Crippen LogP contribution in [0.15, 0.2) is 56.1 Å². The van der Waals surface area contributed by atoms with Gasteiger partial charge in [-0.2, -0.15) is 0 Å². The Morgan fingerprint density at radius 2 is 1.87 bits per heavy atom. The molecule has 0 aliphatic carbocycles. The Hall–Kier alpha value is -2.49. The number of rotatable bonds is 9. The third kappa shape index (κ3) is 6.25. The molecule has 0 fully saturated rings. The molecule has 3 atom stereocenters. The number of aliphatic hydroxyl groups excluding tert-OH is 2. The number of aryl methyl sites for hydroxylation is 1. The van der Waals surface area contributed by atoms with Gasteiger partial charge in [-0.3, -0.25) is 0 Å². The van der Waals surface area contributed by atoms with Gasteiger partial charge in [0.15, 0.2) is 12.1 Å². The van der Waals surface area contributed by atoms with E-state index in [1.807, 2.05) is 12.1 Å². The normalized spacial score (nSPS) is 14.4. The van der Waals surface area contributed by atoms with Crippen LogP contribution in [-0.4, -0.2) is 28.6 Å². The Bertz CT molecular complexity index is 1060. The van der Waals surface area contributed by atoms with E-state index in [1.165, 1.54) is 19.1 Å². The summed E-state index contributed by atoms with van der Waals surface area (Å²) in [6, 6.07) is 11.1. The lowest BCUT2D eigenvalue weighted by molar-refractivity contribution is -0.173. The first-order chi connectivity index (χ1) is 14.7. The Labute approximate surface area is 182 Å². The summed E-state index contributed by atoms with van der Waals surface area (Å²) < 4.78 is 28.6. The van der Waals surface area contributed by atoms with Crippen molar-refractivity contribution in [3.8, 4) is 11.1 Å². The van der Waals surface area contributed by atoms with Gasteiger partial charge in [-0.05, 0) is 49.1 Å². The highest BCUT2D eigenvalue weighted by Crippen LogP contribution is 2.26. The molecule has 9 heteroatoms. The second kappa shape index (κ2) is 10.2. The molecule has 2 aromatic carbocycles. The summed E-state index contributed by atoms with van der Waals surface area (Å²) in [6.07, 6.45) is -2.26. The molecule has 0 radical (unpaired) electrons. The van der Waals surface area contributed by atoms with Gasteiger partial charge in [0.2, 0.25) is 0 Å². The Morgan fingerprint density at radius 3 is 2.52 bits per heavy atom. The summed E-state index contributed by atoms with van der Waals surface area (Å²) in [4.78, 5) is 11.0. The van der Waals surface area contributed by atoms with Crippen LogP contribution in [0, 0.1) is 12.7 Å². The molecular weight excluding hydrogens is 429 g/mol. The summed E-state index contributed by atoms with van der Waals surface area (Å²) in [5.74, 6) is -0.852. The molecule has 0 saturated heterocycles. The SMILES string of the molecule is Cc1oc(=O)oc1COC(O)[C@H](O)C[C@H](N)Cc1ccc(-c2cc(Cl)ccc2F)cc1. The molecule has 3 aromatic rings. The predicted octanol–water partition coefficient (Wildman–Crippen LogP) is 3.16. The van der Waals surface area contributed by atoms with E-state index in [9.17, 15) is 19.4 Å². The predicted molar refractivity (Wildman–Crippen MR) is 112 cm³/mol. The van der Waals surface area contributed by atoms with Gasteiger partial charge in [0.05, 0.1) is 0 Å². The van der Waals surface area contributed by atoms with Crippen LogP contribution in [0.5, 0.6) is 0 Å². The Kier molecular flexibility index (Phi) is 7.64. The van der Waals surface area contributed by atoms with Crippen LogP contribution in [0.4, 0.5) is 4.39 Å². The van der Waals surface area contributed by atoms with E-state index >= 15 is 0 Å². The standard InChI is InChI=1S/C22H23ClFNO6/c1-12-20(31-22(28)30-12)11-29-21(27)19(26)10-16(25)8-13-2-4-14(5-3-13)17-9-15(23)6-7-18(17)24/h2-7,9,16,19,21,26-27H,8,10-11,25H2,1H3/t16-,19-,21?/m1/s1. The second-order valence-corrected chi connectivity index (χ2v) is 7.66. The van der Waals surface area contributed by atoms with Crippen molar-refractivity contribution in [1.29, 1.82) is 0 Å². The molecule has 0 saturated carbocycles. The fourth-order valence-corrected chi connectivity index (χ4v) is 3.30. The average Bonchev–Trinajstić information content (AvgIpc) is 3.05. The number of aliphatic hydroxyl groups is 2. The third-order valence-corrected chi connectivity index (χ3v) is 5.02. The van der Waals surface area contributed by atoms with Gasteiger partial charge in [0.25, 0.3) is 0 Å². The molecule has 166 valence electrons. The maximum atomic E-state index is 14.0. The van der Waals surface area contributed by atoms with Crippen molar-refractivity contribution in [3.63, 3.8) is 0 Å². The minimum atomic E-state index is -1.51. The number of nitrogens with two attached hydrogens (primary N) is 1. The van der Waals surface area contributed by atoms with Gasteiger partial charge >= 0.3 is 5.82 Å². The first-order valence-electron chi connectivity index (χ1n) is 9.60. The molecule has 0 amide bonds. The van der Waals surface area contributed by atoms with E-state index in [0.717, 1.165) is 5.56 Å². The first-order valence-corrected chi connectivity index (χ1v) is 9.98. The van der Waals surface area contributed by atoms with Crippen molar-refractivity contribution < 1.29 is 28.2 Å². The highest BCUT2D eigenvalue weighted by atomic mass is 35.5. The summed E-state index contributed by atoms with van der Waals surface area (Å²) in [7, 11) is 0. The number of hydrogen-bond donors (Lipinski definition) is 3. The number of hydrogen-bond acceptors (Lipinski definition) is 7. The van der Waals surface area contributed by atoms with E-state index in [4.69, 9.17) is 30.9 Å². The van der Waals surface area contributed by atoms with Crippen LogP contribution in [-0.2, 0) is 17.8 Å². The highest BCUT2D eigenvalue weighted by Gasteiger charge is 2.22. The minimum absolute atomic E-state index is 0.0696. The van der Waals surface area contributed by atoms with Gasteiger partial charge in [0.1, 0.15) is 24.3 Å². The summed E-state index contributed by atoms with van der Waals surface area (Å²) in [5.41, 5.74) is 8.07. The van der Waals surface area contributed by atoms with Crippen molar-refractivity contribution in [2.24, 2.45) is 5.73 Å². The van der Waals surface area contributed by atoms with Gasteiger partial charge in [0, 0.05) is 16.6 Å². The topological polar surface area (TPSA) is 119 Å². The van der Waals surface area contributed by atoms with Crippen LogP contribution in [0.2, 0.25) is 5.02 Å². The lowest BCUT2D eigenvalue weighted by Gasteiger charge is -2.21. The zero-order valence-corrected chi connectivity index (χ0v) is 17.5. The maximum Gasteiger partial charge on any atom is 0.519 e. The van der Waals surface area contributed by atoms with E-state index in [1.54, 1.807) is 18.2 Å². The largest absolute Gasteiger partial charge is 0.519 e. The molecule has 1 unspecified atom stereocenters. The quantitative estimate of drug-likeness (QED) is 0.427. The van der Waals surface area contributed by atoms with Crippen LogP contribution in [0.1, 0.15) is 23.5 Å². The van der Waals surface area contributed by atoms with Crippen LogP contribution in [0.25, 0.3) is 11.1 Å². The summed E-state index contributed by atoms with van der Waals surface area (Å²) in [6.45, 7) is 1.29. The van der Waals surface area contributed by atoms with Crippen molar-refractivity contribution in [2.75, 3.05) is 0 Å². The van der Waals surface area contributed by atoms with Crippen molar-refractivity contribution >= 4 is 11.6 Å². The van der Waals surface area contributed by atoms with Gasteiger partial charge < -0.3 is 29.5 Å². The number of benzene rings is 2. The fourth-order valence-electron chi connectivity index (χ4n) is 3.13. The van der Waals surface area contributed by atoms with E-state index in [0.29, 0.717) is 22.6 Å². The van der Waals surface area contributed by atoms with E-state index in [2.05, 4.69) is 0 Å². The number of halogens is 2. The Balaban J connectivity index is 1.52. The zero-order chi connectivity index (χ0) is 22.5. The first kappa shape index (κ1) is 23.2. The smallest absolute Gasteiger partial charge is 0.396 e. The van der Waals surface area contributed by atoms with Crippen LogP contribution < -0.4 is 11.6 Å². The van der Waals surface area contributed by atoms with Crippen molar-refractivity contribution in [1.82, 2.24) is 0 Å². The van der Waals surface area contributed by atoms with E-state index < -0.39 is 24.3 Å². The number of ether oxygens (including phenoxy) is 1. The lowest BCUT2D eigenvalue weighted by Crippen LogP contribution is -2.36. The molecule has 0 aliphatic rings. The van der Waals surface area contributed by atoms with Crippen molar-refractivity contribution in [2.45, 2.75) is 44.8 Å². The highest BCUT2D eigenvalue weighted by molar-refractivity contribution is 6.30. The monoisotopic (exact) mass is 451 g/mol. The molecule has 3 rings (SSSR count). The van der Waals surface area contributed by atoms with E-state index in [-0.39, 0.29) is 30.4 Å². The van der Waals surface area contributed by atoms with Crippen molar-refractivity contribution in [3.05, 3.63) is 81.0 Å². The lowest BCUT2D eigenvalue weighted by atomic mass is 9.98. The van der Waals surface area contributed by atoms with Gasteiger partial charge in [-0.1, -0.05) is 35.9 Å². The molecular formula is C22H23ClFNO6. The minimum Gasteiger partial charge on any atom is -0.396 e. The Morgan fingerprint density at radius 1 is 1.16 bits per heavy atom. The fraction of sp³-hybridized carbons (Fsp3) is 0.318. The molecule has 1 aromatic heterocycles. The molecule has 0 spiro atoms. The summed E-state index contributed by atoms with van der Waals surface area (Å²) in [5, 5.41) is 20.6. The average molecular weight is 452 g/mol. The van der Waals surface area contributed by atoms with Gasteiger partial charge in [-0.15, -0.1) is 0 Å². The second-order valence-electron chi connectivity index (χ2n) is 7.22. The zero-order valence-electron chi connectivity index (χ0n) is 16.8. The van der Waals surface area contributed by atoms with Crippen LogP contribution in [0.3, 0.4) is 0 Å². The van der Waals surface area contributed by atoms with Gasteiger partial charge in [-0.25, -0.2) is 9.18 Å². The third-order valence-electron chi connectivity index (χ3n) is 4.79. The molecule has 1 heterocycles. The molecule has 31 heavy (non-hydrogen) atoms. The maximum absolute atomic E-state index is 14.0. The molecule has 0 bridgehead atoms. The summed E-state index contributed by atoms with van der Waals surface area (Å²) >= 11 is 5.95. The molecule has 0 aliphatic heterocycles. The molecule has 4 N–H and O–H groups in total.